The molecule has 0 spiro atoms. The van der Waals surface area contributed by atoms with Crippen molar-refractivity contribution in [2.75, 3.05) is 0 Å². The van der Waals surface area contributed by atoms with Crippen LogP contribution in [-0.2, 0) is 11.2 Å². The second-order valence-corrected chi connectivity index (χ2v) is 6.85. The summed E-state index contributed by atoms with van der Waals surface area (Å²) in [5.41, 5.74) is 1.12. The van der Waals surface area contributed by atoms with Crippen LogP contribution < -0.4 is 0 Å². The van der Waals surface area contributed by atoms with Gasteiger partial charge in [0, 0.05) is 12.8 Å². The Bertz CT molecular complexity index is 574. The van der Waals surface area contributed by atoms with Crippen LogP contribution in [0.25, 0.3) is 10.8 Å². The normalized spacial score (nSPS) is 12.6. The lowest BCUT2D eigenvalue weighted by molar-refractivity contribution is -0.137. The number of aromatic nitrogens is 2. The van der Waals surface area contributed by atoms with Gasteiger partial charge in [0.15, 0.2) is 0 Å². The number of aryl methyl sites for hydroxylation is 1. The van der Waals surface area contributed by atoms with Gasteiger partial charge >= 0.3 is 5.97 Å². The van der Waals surface area contributed by atoms with E-state index in [4.69, 9.17) is 9.52 Å². The molecule has 2 aromatic heterocycles. The van der Waals surface area contributed by atoms with Gasteiger partial charge in [-0.2, -0.15) is 0 Å². The third-order valence-corrected chi connectivity index (χ3v) is 4.71. The quantitative estimate of drug-likeness (QED) is 0.897. The number of rotatable bonds is 5. The molecule has 19 heavy (non-hydrogen) atoms. The van der Waals surface area contributed by atoms with E-state index < -0.39 is 5.97 Å². The van der Waals surface area contributed by atoms with Gasteiger partial charge in [0.25, 0.3) is 5.89 Å². The topological polar surface area (TPSA) is 76.2 Å². The minimum Gasteiger partial charge on any atom is -0.481 e. The average molecular weight is 345 g/mol. The van der Waals surface area contributed by atoms with Crippen LogP contribution in [0.2, 0.25) is 0 Å². The zero-order valence-electron chi connectivity index (χ0n) is 10.5. The van der Waals surface area contributed by atoms with Crippen LogP contribution >= 0.6 is 27.3 Å². The van der Waals surface area contributed by atoms with Gasteiger partial charge in [0.1, 0.15) is 0 Å². The molecular formula is C12H13BrN2O3S. The molecule has 0 aromatic carbocycles. The largest absolute Gasteiger partial charge is 0.481 e. The predicted octanol–water partition coefficient (Wildman–Crippen LogP) is 3.52. The summed E-state index contributed by atoms with van der Waals surface area (Å²) >= 11 is 4.99. The Balaban J connectivity index is 2.08. The Hall–Kier alpha value is -1.21. The standard InChI is InChI=1S/C12H13BrN2O3S/c1-6(4-10(16)17)3-9-14-15-12(18-9)8-5-7(2)11(13)19-8/h5-6H,3-4H2,1-2H3,(H,16,17). The second-order valence-electron chi connectivity index (χ2n) is 4.48. The van der Waals surface area contributed by atoms with Crippen LogP contribution in [0.15, 0.2) is 14.3 Å². The highest BCUT2D eigenvalue weighted by atomic mass is 79.9. The second kappa shape index (κ2) is 5.83. The molecule has 0 fully saturated rings. The van der Waals surface area contributed by atoms with E-state index >= 15 is 0 Å². The summed E-state index contributed by atoms with van der Waals surface area (Å²) < 4.78 is 6.61. The third-order valence-electron chi connectivity index (χ3n) is 2.58. The fourth-order valence-electron chi connectivity index (χ4n) is 1.67. The van der Waals surface area contributed by atoms with Crippen molar-refractivity contribution in [2.24, 2.45) is 5.92 Å². The Labute approximate surface area is 122 Å². The van der Waals surface area contributed by atoms with Crippen LogP contribution in [0, 0.1) is 12.8 Å². The third kappa shape index (κ3) is 3.63. The molecule has 0 radical (unpaired) electrons. The smallest absolute Gasteiger partial charge is 0.303 e. The molecule has 102 valence electrons. The van der Waals surface area contributed by atoms with Crippen molar-refractivity contribution in [3.8, 4) is 10.8 Å². The number of carbonyl (C=O) groups is 1. The maximum atomic E-state index is 10.6. The first-order chi connectivity index (χ1) is 8.95. The van der Waals surface area contributed by atoms with E-state index in [1.165, 1.54) is 11.3 Å². The fourth-order valence-corrected chi connectivity index (χ4v) is 3.13. The summed E-state index contributed by atoms with van der Waals surface area (Å²) in [6, 6.07) is 1.98. The summed E-state index contributed by atoms with van der Waals surface area (Å²) in [6.45, 7) is 3.85. The highest BCUT2D eigenvalue weighted by Gasteiger charge is 2.16. The van der Waals surface area contributed by atoms with Crippen LogP contribution in [0.4, 0.5) is 0 Å². The van der Waals surface area contributed by atoms with Crippen LogP contribution in [0.3, 0.4) is 0 Å². The lowest BCUT2D eigenvalue weighted by atomic mass is 10.0. The maximum absolute atomic E-state index is 10.6. The summed E-state index contributed by atoms with van der Waals surface area (Å²) in [4.78, 5) is 11.5. The van der Waals surface area contributed by atoms with Gasteiger partial charge in [0.05, 0.1) is 8.66 Å². The van der Waals surface area contributed by atoms with E-state index in [1.54, 1.807) is 0 Å². The molecule has 2 rings (SSSR count). The van der Waals surface area contributed by atoms with E-state index in [-0.39, 0.29) is 12.3 Å². The Morgan fingerprint density at radius 3 is 2.89 bits per heavy atom. The maximum Gasteiger partial charge on any atom is 0.303 e. The average Bonchev–Trinajstić information content (AvgIpc) is 2.86. The molecule has 0 aliphatic carbocycles. The highest BCUT2D eigenvalue weighted by Crippen LogP contribution is 2.34. The first-order valence-electron chi connectivity index (χ1n) is 5.76. The van der Waals surface area contributed by atoms with Gasteiger partial charge < -0.3 is 9.52 Å². The monoisotopic (exact) mass is 344 g/mol. The van der Waals surface area contributed by atoms with Gasteiger partial charge in [-0.15, -0.1) is 21.5 Å². The number of nitrogens with zero attached hydrogens (tertiary/aromatic N) is 2. The molecular weight excluding hydrogens is 332 g/mol. The van der Waals surface area contributed by atoms with Crippen molar-refractivity contribution in [1.82, 2.24) is 10.2 Å². The molecule has 1 atom stereocenters. The van der Waals surface area contributed by atoms with Gasteiger partial charge in [-0.3, -0.25) is 4.79 Å². The molecule has 1 unspecified atom stereocenters. The molecule has 0 saturated heterocycles. The van der Waals surface area contributed by atoms with Crippen molar-refractivity contribution in [1.29, 1.82) is 0 Å². The zero-order valence-corrected chi connectivity index (χ0v) is 12.9. The Kier molecular flexibility index (Phi) is 4.36. The van der Waals surface area contributed by atoms with Crippen molar-refractivity contribution >= 4 is 33.2 Å². The molecule has 2 aromatic rings. The number of hydrogen-bond acceptors (Lipinski definition) is 5. The van der Waals surface area contributed by atoms with Gasteiger partial charge in [-0.25, -0.2) is 0 Å². The summed E-state index contributed by atoms with van der Waals surface area (Å²) in [7, 11) is 0. The summed E-state index contributed by atoms with van der Waals surface area (Å²) in [5.74, 6) is 0.120. The van der Waals surface area contributed by atoms with Crippen molar-refractivity contribution in [2.45, 2.75) is 26.7 Å². The Morgan fingerprint density at radius 1 is 1.58 bits per heavy atom. The summed E-state index contributed by atoms with van der Waals surface area (Å²) in [5, 5.41) is 16.7. The molecule has 0 bridgehead atoms. The van der Waals surface area contributed by atoms with Gasteiger partial charge in [-0.05, 0) is 40.4 Å². The van der Waals surface area contributed by atoms with E-state index in [1.807, 2.05) is 19.9 Å². The minimum absolute atomic E-state index is 0.0254. The zero-order chi connectivity index (χ0) is 14.0. The number of thiophene rings is 1. The minimum atomic E-state index is -0.815. The highest BCUT2D eigenvalue weighted by molar-refractivity contribution is 9.11. The predicted molar refractivity (Wildman–Crippen MR) is 75.2 cm³/mol. The van der Waals surface area contributed by atoms with E-state index in [0.29, 0.717) is 18.2 Å². The van der Waals surface area contributed by atoms with Crippen LogP contribution in [-0.4, -0.2) is 21.3 Å². The van der Waals surface area contributed by atoms with E-state index in [2.05, 4.69) is 26.1 Å². The SMILES string of the molecule is Cc1cc(-c2nnc(CC(C)CC(=O)O)o2)sc1Br. The number of carboxylic acids is 1. The lowest BCUT2D eigenvalue weighted by Gasteiger charge is -2.03. The van der Waals surface area contributed by atoms with Crippen molar-refractivity contribution in [3.63, 3.8) is 0 Å². The van der Waals surface area contributed by atoms with E-state index in [0.717, 1.165) is 14.2 Å². The number of hydrogen-bond donors (Lipinski definition) is 1. The van der Waals surface area contributed by atoms with Crippen LogP contribution in [0.1, 0.15) is 24.8 Å². The number of halogens is 1. The van der Waals surface area contributed by atoms with E-state index in [9.17, 15) is 4.79 Å². The first kappa shape index (κ1) is 14.2. The van der Waals surface area contributed by atoms with Gasteiger partial charge in [-0.1, -0.05) is 6.92 Å². The molecule has 0 aliphatic rings. The number of aliphatic carboxylic acids is 1. The molecule has 0 amide bonds. The molecule has 1 N–H and O–H groups in total. The summed E-state index contributed by atoms with van der Waals surface area (Å²) in [6.07, 6.45) is 0.576. The van der Waals surface area contributed by atoms with Gasteiger partial charge in [0.2, 0.25) is 5.89 Å². The van der Waals surface area contributed by atoms with Crippen LogP contribution in [0.5, 0.6) is 0 Å². The molecule has 7 heteroatoms. The fraction of sp³-hybridized carbons (Fsp3) is 0.417. The lowest BCUT2D eigenvalue weighted by Crippen LogP contribution is -2.07. The molecule has 5 nitrogen and oxygen atoms in total. The first-order valence-corrected chi connectivity index (χ1v) is 7.37. The molecule has 0 aliphatic heterocycles. The molecule has 0 saturated carbocycles. The number of carboxylic acid groups (broad SMARTS) is 1. The van der Waals surface area contributed by atoms with Crippen molar-refractivity contribution in [3.05, 3.63) is 21.3 Å². The van der Waals surface area contributed by atoms with Crippen molar-refractivity contribution < 1.29 is 14.3 Å². The molecule has 2 heterocycles. The Morgan fingerprint density at radius 2 is 2.32 bits per heavy atom.